The second-order valence-corrected chi connectivity index (χ2v) is 7.93. The van der Waals surface area contributed by atoms with Crippen LogP contribution in [0.2, 0.25) is 10.0 Å². The SMILES string of the molecule is Cc1cc(N)n(-c2cc(Cl)c(S(=O)(=O)N(CCO)CCO)cc2Cl)n1. The maximum atomic E-state index is 12.7. The van der Waals surface area contributed by atoms with E-state index in [-0.39, 0.29) is 28.0 Å². The molecular weight excluding hydrogens is 391 g/mol. The van der Waals surface area contributed by atoms with Crippen LogP contribution in [0.25, 0.3) is 5.69 Å². The highest BCUT2D eigenvalue weighted by Crippen LogP contribution is 2.33. The third kappa shape index (κ3) is 4.08. The number of hydrogen-bond acceptors (Lipinski definition) is 6. The standard InChI is InChI=1S/C14H18Cl2N4O4S/c1-9-6-14(17)20(18-9)12-7-11(16)13(8-10(12)15)25(23,24)19(2-4-21)3-5-22/h6-8,21-22H,2-5,17H2,1H3. The third-order valence-electron chi connectivity index (χ3n) is 3.41. The third-order valence-corrected chi connectivity index (χ3v) is 6.07. The molecule has 0 aliphatic carbocycles. The minimum Gasteiger partial charge on any atom is -0.395 e. The van der Waals surface area contributed by atoms with Crippen LogP contribution in [0.15, 0.2) is 23.1 Å². The lowest BCUT2D eigenvalue weighted by molar-refractivity contribution is 0.217. The largest absolute Gasteiger partial charge is 0.395 e. The van der Waals surface area contributed by atoms with E-state index in [2.05, 4.69) is 5.10 Å². The van der Waals surface area contributed by atoms with Crippen LogP contribution >= 0.6 is 23.2 Å². The minimum absolute atomic E-state index is 0.0761. The Morgan fingerprint density at radius 3 is 2.24 bits per heavy atom. The quantitative estimate of drug-likeness (QED) is 0.629. The van der Waals surface area contributed by atoms with E-state index in [9.17, 15) is 8.42 Å². The number of nitrogen functional groups attached to an aromatic ring is 1. The fourth-order valence-corrected chi connectivity index (χ4v) is 4.56. The van der Waals surface area contributed by atoms with Crippen molar-refractivity contribution in [1.29, 1.82) is 0 Å². The molecule has 0 saturated carbocycles. The van der Waals surface area contributed by atoms with Gasteiger partial charge in [0.1, 0.15) is 10.7 Å². The summed E-state index contributed by atoms with van der Waals surface area (Å²) in [6, 6.07) is 4.20. The zero-order valence-electron chi connectivity index (χ0n) is 13.4. The molecular formula is C14H18Cl2N4O4S. The summed E-state index contributed by atoms with van der Waals surface area (Å²) in [5.41, 5.74) is 6.87. The van der Waals surface area contributed by atoms with Gasteiger partial charge in [0.15, 0.2) is 0 Å². The van der Waals surface area contributed by atoms with Crippen LogP contribution in [0.3, 0.4) is 0 Å². The Morgan fingerprint density at radius 2 is 1.76 bits per heavy atom. The molecule has 8 nitrogen and oxygen atoms in total. The summed E-state index contributed by atoms with van der Waals surface area (Å²) in [4.78, 5) is -0.229. The van der Waals surface area contributed by atoms with Crippen LogP contribution in [0.4, 0.5) is 5.82 Å². The molecule has 0 bridgehead atoms. The van der Waals surface area contributed by atoms with Crippen LogP contribution in [-0.2, 0) is 10.0 Å². The Hall–Kier alpha value is -1.36. The number of aryl methyl sites for hydroxylation is 1. The number of aliphatic hydroxyl groups excluding tert-OH is 2. The zero-order chi connectivity index (χ0) is 18.8. The van der Waals surface area contributed by atoms with Gasteiger partial charge < -0.3 is 15.9 Å². The van der Waals surface area contributed by atoms with Crippen LogP contribution in [0.1, 0.15) is 5.69 Å². The molecule has 0 spiro atoms. The minimum atomic E-state index is -4.05. The van der Waals surface area contributed by atoms with Gasteiger partial charge in [-0.2, -0.15) is 9.40 Å². The normalized spacial score (nSPS) is 12.1. The Kier molecular flexibility index (Phi) is 6.30. The number of nitrogens with zero attached hydrogens (tertiary/aromatic N) is 3. The number of halogens is 2. The Balaban J connectivity index is 2.54. The molecule has 0 saturated heterocycles. The summed E-state index contributed by atoms with van der Waals surface area (Å²) >= 11 is 12.4. The van der Waals surface area contributed by atoms with Gasteiger partial charge >= 0.3 is 0 Å². The van der Waals surface area contributed by atoms with Gasteiger partial charge in [0.05, 0.1) is 34.6 Å². The molecule has 2 rings (SSSR count). The first kappa shape index (κ1) is 20.0. The fourth-order valence-electron chi connectivity index (χ4n) is 2.30. The number of nitrogens with two attached hydrogens (primary N) is 1. The van der Waals surface area contributed by atoms with Crippen molar-refractivity contribution in [3.8, 4) is 5.69 Å². The van der Waals surface area contributed by atoms with Crippen molar-refractivity contribution >= 4 is 39.0 Å². The topological polar surface area (TPSA) is 122 Å². The molecule has 138 valence electrons. The maximum absolute atomic E-state index is 12.7. The molecule has 0 aliphatic rings. The van der Waals surface area contributed by atoms with Crippen LogP contribution in [0, 0.1) is 6.92 Å². The first-order chi connectivity index (χ1) is 11.7. The van der Waals surface area contributed by atoms with Crippen molar-refractivity contribution in [2.24, 2.45) is 0 Å². The molecule has 25 heavy (non-hydrogen) atoms. The average molecular weight is 409 g/mol. The van der Waals surface area contributed by atoms with Crippen molar-refractivity contribution < 1.29 is 18.6 Å². The summed E-state index contributed by atoms with van der Waals surface area (Å²) in [7, 11) is -4.05. The Labute approximate surface area is 155 Å². The first-order valence-corrected chi connectivity index (χ1v) is 9.45. The fraction of sp³-hybridized carbons (Fsp3) is 0.357. The number of anilines is 1. The summed E-state index contributed by atoms with van der Waals surface area (Å²) in [5, 5.41) is 22.3. The second-order valence-electron chi connectivity index (χ2n) is 5.21. The number of sulfonamides is 1. The first-order valence-electron chi connectivity index (χ1n) is 7.25. The van der Waals surface area contributed by atoms with Gasteiger partial charge in [-0.05, 0) is 19.1 Å². The molecule has 0 fully saturated rings. The molecule has 0 aliphatic heterocycles. The lowest BCUT2D eigenvalue weighted by Gasteiger charge is -2.21. The number of hydrogen-bond donors (Lipinski definition) is 3. The van der Waals surface area contributed by atoms with Crippen LogP contribution in [-0.4, -0.2) is 59.0 Å². The number of rotatable bonds is 7. The van der Waals surface area contributed by atoms with Crippen molar-refractivity contribution in [2.75, 3.05) is 32.0 Å². The van der Waals surface area contributed by atoms with Crippen molar-refractivity contribution in [1.82, 2.24) is 14.1 Å². The van der Waals surface area contributed by atoms with Gasteiger partial charge in [-0.3, -0.25) is 0 Å². The molecule has 0 radical (unpaired) electrons. The summed E-state index contributed by atoms with van der Waals surface area (Å²) < 4.78 is 27.7. The van der Waals surface area contributed by atoms with E-state index in [0.29, 0.717) is 17.2 Å². The second kappa shape index (κ2) is 7.90. The Bertz CT molecular complexity index is 864. The number of benzene rings is 1. The number of aliphatic hydroxyl groups is 2. The lowest BCUT2D eigenvalue weighted by atomic mass is 10.3. The molecule has 1 heterocycles. The molecule has 0 atom stereocenters. The highest BCUT2D eigenvalue weighted by molar-refractivity contribution is 7.89. The van der Waals surface area contributed by atoms with Crippen molar-refractivity contribution in [2.45, 2.75) is 11.8 Å². The smallest absolute Gasteiger partial charge is 0.244 e. The Morgan fingerprint density at radius 1 is 1.16 bits per heavy atom. The molecule has 1 aromatic heterocycles. The summed E-state index contributed by atoms with van der Waals surface area (Å²) in [6.07, 6.45) is 0. The van der Waals surface area contributed by atoms with E-state index in [0.717, 1.165) is 4.31 Å². The van der Waals surface area contributed by atoms with Crippen molar-refractivity contribution in [3.05, 3.63) is 33.9 Å². The van der Waals surface area contributed by atoms with Gasteiger partial charge in [-0.25, -0.2) is 13.1 Å². The van der Waals surface area contributed by atoms with E-state index in [1.54, 1.807) is 13.0 Å². The van der Waals surface area contributed by atoms with Crippen LogP contribution in [0.5, 0.6) is 0 Å². The molecule has 11 heteroatoms. The van der Waals surface area contributed by atoms with Gasteiger partial charge in [-0.15, -0.1) is 0 Å². The molecule has 2 aromatic rings. The van der Waals surface area contributed by atoms with Gasteiger partial charge in [0.25, 0.3) is 0 Å². The molecule has 4 N–H and O–H groups in total. The summed E-state index contributed by atoms with van der Waals surface area (Å²) in [5.74, 6) is 0.327. The molecule has 0 amide bonds. The predicted octanol–water partition coefficient (Wildman–Crippen LogP) is 1.05. The highest BCUT2D eigenvalue weighted by Gasteiger charge is 2.27. The molecule has 0 unspecified atom stereocenters. The zero-order valence-corrected chi connectivity index (χ0v) is 15.7. The maximum Gasteiger partial charge on any atom is 0.244 e. The van der Waals surface area contributed by atoms with E-state index in [1.807, 2.05) is 0 Å². The van der Waals surface area contributed by atoms with E-state index in [4.69, 9.17) is 39.1 Å². The summed E-state index contributed by atoms with van der Waals surface area (Å²) in [6.45, 7) is 0.605. The lowest BCUT2D eigenvalue weighted by Crippen LogP contribution is -2.36. The van der Waals surface area contributed by atoms with E-state index in [1.165, 1.54) is 16.8 Å². The van der Waals surface area contributed by atoms with E-state index < -0.39 is 23.2 Å². The van der Waals surface area contributed by atoms with Crippen molar-refractivity contribution in [3.63, 3.8) is 0 Å². The van der Waals surface area contributed by atoms with Gasteiger partial charge in [0, 0.05) is 19.2 Å². The van der Waals surface area contributed by atoms with E-state index >= 15 is 0 Å². The number of aromatic nitrogens is 2. The van der Waals surface area contributed by atoms with Gasteiger partial charge in [-0.1, -0.05) is 23.2 Å². The van der Waals surface area contributed by atoms with Gasteiger partial charge in [0.2, 0.25) is 10.0 Å². The predicted molar refractivity (Wildman–Crippen MR) is 95.7 cm³/mol. The monoisotopic (exact) mass is 408 g/mol. The average Bonchev–Trinajstić information content (AvgIpc) is 2.87. The van der Waals surface area contributed by atoms with Crippen LogP contribution < -0.4 is 5.73 Å². The highest BCUT2D eigenvalue weighted by atomic mass is 35.5. The molecule has 1 aromatic carbocycles.